The van der Waals surface area contributed by atoms with Crippen LogP contribution in [0.3, 0.4) is 0 Å². The molecule has 1 aliphatic rings. The van der Waals surface area contributed by atoms with E-state index in [1.165, 1.54) is 11.8 Å². The fourth-order valence-electron chi connectivity index (χ4n) is 2.72. The van der Waals surface area contributed by atoms with Crippen LogP contribution in [0.15, 0.2) is 34.0 Å². The summed E-state index contributed by atoms with van der Waals surface area (Å²) in [5.41, 5.74) is 8.23. The van der Waals surface area contributed by atoms with Crippen LogP contribution in [0.1, 0.15) is 37.0 Å². The first kappa shape index (κ1) is 19.2. The maximum absolute atomic E-state index is 10.9. The number of aryl methyl sites for hydroxylation is 1. The van der Waals surface area contributed by atoms with Gasteiger partial charge in [0, 0.05) is 5.56 Å². The highest BCUT2D eigenvalue weighted by atomic mass is 32.1. The van der Waals surface area contributed by atoms with Gasteiger partial charge >= 0.3 is 6.03 Å². The van der Waals surface area contributed by atoms with Gasteiger partial charge in [0.05, 0.1) is 24.7 Å². The Morgan fingerprint density at radius 3 is 2.60 bits per heavy atom. The van der Waals surface area contributed by atoms with Gasteiger partial charge in [-0.1, -0.05) is 6.07 Å². The number of amides is 2. The molecule has 1 aliphatic carbocycles. The number of benzene rings is 1. The molecule has 2 amide bonds. The summed E-state index contributed by atoms with van der Waals surface area (Å²) in [4.78, 5) is 10.9. The Hall–Kier alpha value is -2.12. The van der Waals surface area contributed by atoms with E-state index in [0.717, 1.165) is 36.1 Å². The van der Waals surface area contributed by atoms with Crippen molar-refractivity contribution in [2.75, 3.05) is 12.4 Å². The Labute approximate surface area is 152 Å². The summed E-state index contributed by atoms with van der Waals surface area (Å²) < 4.78 is 10.1. The first-order valence-corrected chi connectivity index (χ1v) is 8.42. The van der Waals surface area contributed by atoms with Gasteiger partial charge in [-0.05, 0) is 56.4 Å². The van der Waals surface area contributed by atoms with Crippen LogP contribution in [0.25, 0.3) is 0 Å². The number of carbonyl (C=O) groups excluding carboxylic acids is 1. The second kappa shape index (κ2) is 7.84. The maximum atomic E-state index is 10.9. The number of hydrogen-bond acceptors (Lipinski definition) is 5. The zero-order valence-corrected chi connectivity index (χ0v) is 15.5. The van der Waals surface area contributed by atoms with Gasteiger partial charge < -0.3 is 25.3 Å². The highest BCUT2D eigenvalue weighted by molar-refractivity contribution is 7.80. The molecule has 4 N–H and O–H groups in total. The average molecular weight is 364 g/mol. The van der Waals surface area contributed by atoms with Gasteiger partial charge in [-0.15, -0.1) is 12.6 Å². The number of thiol groups is 1. The number of furan rings is 1. The molecule has 0 saturated heterocycles. The SMILES string of the molecule is CC(C)(O)c1coc(S)c1.COc1ccc2c(c1NC(N)=O)CCC2. The molecular formula is C18H24N2O4S. The summed E-state index contributed by atoms with van der Waals surface area (Å²) in [5, 5.41) is 12.6. The number of hydrogen-bond donors (Lipinski definition) is 4. The lowest BCUT2D eigenvalue weighted by Crippen LogP contribution is -2.20. The molecule has 1 heterocycles. The summed E-state index contributed by atoms with van der Waals surface area (Å²) in [6.07, 6.45) is 4.66. The molecule has 0 aliphatic heterocycles. The van der Waals surface area contributed by atoms with Crippen molar-refractivity contribution in [3.05, 3.63) is 41.2 Å². The van der Waals surface area contributed by atoms with Gasteiger partial charge in [-0.2, -0.15) is 0 Å². The largest absolute Gasteiger partial charge is 0.495 e. The van der Waals surface area contributed by atoms with Gasteiger partial charge in [0.15, 0.2) is 5.09 Å². The van der Waals surface area contributed by atoms with E-state index in [4.69, 9.17) is 14.9 Å². The Balaban J connectivity index is 0.000000196. The lowest BCUT2D eigenvalue weighted by atomic mass is 10.0. The van der Waals surface area contributed by atoms with E-state index in [9.17, 15) is 9.90 Å². The van der Waals surface area contributed by atoms with Gasteiger partial charge in [0.1, 0.15) is 5.75 Å². The van der Waals surface area contributed by atoms with Crippen molar-refractivity contribution in [3.63, 3.8) is 0 Å². The topological polar surface area (TPSA) is 97.7 Å². The average Bonchev–Trinajstić information content (AvgIpc) is 3.16. The van der Waals surface area contributed by atoms with Crippen molar-refractivity contribution in [1.82, 2.24) is 0 Å². The second-order valence-corrected chi connectivity index (χ2v) is 6.80. The lowest BCUT2D eigenvalue weighted by Gasteiger charge is -2.13. The van der Waals surface area contributed by atoms with E-state index in [-0.39, 0.29) is 0 Å². The van der Waals surface area contributed by atoms with E-state index in [2.05, 4.69) is 17.9 Å². The molecule has 1 aromatic carbocycles. The fourth-order valence-corrected chi connectivity index (χ4v) is 2.91. The zero-order chi connectivity index (χ0) is 18.6. The number of carbonyl (C=O) groups is 1. The van der Waals surface area contributed by atoms with E-state index >= 15 is 0 Å². The van der Waals surface area contributed by atoms with Crippen molar-refractivity contribution < 1.29 is 19.1 Å². The highest BCUT2D eigenvalue weighted by Crippen LogP contribution is 2.36. The third-order valence-electron chi connectivity index (χ3n) is 4.00. The molecule has 25 heavy (non-hydrogen) atoms. The predicted molar refractivity (Wildman–Crippen MR) is 99.4 cm³/mol. The highest BCUT2D eigenvalue weighted by Gasteiger charge is 2.19. The molecule has 3 rings (SSSR count). The Morgan fingerprint density at radius 2 is 2.12 bits per heavy atom. The molecule has 7 heteroatoms. The molecule has 0 bridgehead atoms. The van der Waals surface area contributed by atoms with E-state index < -0.39 is 11.6 Å². The number of fused-ring (bicyclic) bond motifs is 1. The van der Waals surface area contributed by atoms with Crippen LogP contribution in [0, 0.1) is 0 Å². The molecule has 0 fully saturated rings. The molecule has 0 saturated carbocycles. The van der Waals surface area contributed by atoms with Crippen LogP contribution in [-0.4, -0.2) is 18.2 Å². The monoisotopic (exact) mass is 364 g/mol. The maximum Gasteiger partial charge on any atom is 0.316 e. The van der Waals surface area contributed by atoms with Crippen LogP contribution in [-0.2, 0) is 18.4 Å². The molecule has 0 radical (unpaired) electrons. The van der Waals surface area contributed by atoms with Crippen molar-refractivity contribution in [3.8, 4) is 5.75 Å². The quantitative estimate of drug-likeness (QED) is 0.627. The van der Waals surface area contributed by atoms with Crippen molar-refractivity contribution in [1.29, 1.82) is 0 Å². The van der Waals surface area contributed by atoms with E-state index in [1.54, 1.807) is 27.0 Å². The van der Waals surface area contributed by atoms with Crippen LogP contribution in [0.2, 0.25) is 0 Å². The van der Waals surface area contributed by atoms with E-state index in [0.29, 0.717) is 10.8 Å². The van der Waals surface area contributed by atoms with Crippen LogP contribution in [0.5, 0.6) is 5.75 Å². The summed E-state index contributed by atoms with van der Waals surface area (Å²) in [6, 6.07) is 5.07. The first-order chi connectivity index (χ1) is 11.7. The van der Waals surface area contributed by atoms with Crippen molar-refractivity contribution in [2.24, 2.45) is 5.73 Å². The van der Waals surface area contributed by atoms with Gasteiger partial charge in [0.2, 0.25) is 0 Å². The number of nitrogens with one attached hydrogen (secondary N) is 1. The summed E-state index contributed by atoms with van der Waals surface area (Å²) >= 11 is 3.96. The number of primary amides is 1. The number of anilines is 1. The van der Waals surface area contributed by atoms with E-state index in [1.807, 2.05) is 12.1 Å². The molecule has 136 valence electrons. The van der Waals surface area contributed by atoms with Gasteiger partial charge in [-0.3, -0.25) is 0 Å². The fraction of sp³-hybridized carbons (Fsp3) is 0.389. The summed E-state index contributed by atoms with van der Waals surface area (Å²) in [7, 11) is 1.59. The molecule has 0 unspecified atom stereocenters. The van der Waals surface area contributed by atoms with Crippen molar-refractivity contribution in [2.45, 2.75) is 43.8 Å². The standard InChI is InChI=1S/C11H14N2O2.C7H10O2S/c1-15-9-6-5-7-3-2-4-8(7)10(9)13-11(12)14;1-7(2,8)5-3-6(10)9-4-5/h5-6H,2-4H2,1H3,(H3,12,13,14);3-4,8,10H,1-2H3. The Morgan fingerprint density at radius 1 is 1.40 bits per heavy atom. The second-order valence-electron chi connectivity index (χ2n) is 6.36. The number of urea groups is 1. The number of ether oxygens (including phenoxy) is 1. The third-order valence-corrected chi connectivity index (χ3v) is 4.24. The molecule has 2 aromatic rings. The summed E-state index contributed by atoms with van der Waals surface area (Å²) in [6.45, 7) is 3.40. The predicted octanol–water partition coefficient (Wildman–Crippen LogP) is 3.47. The minimum atomic E-state index is -0.829. The molecule has 0 atom stereocenters. The Bertz CT molecular complexity index is 750. The number of rotatable bonds is 3. The lowest BCUT2D eigenvalue weighted by molar-refractivity contribution is 0.0779. The normalized spacial score (nSPS) is 12.8. The minimum absolute atomic E-state index is 0.525. The molecule has 0 spiro atoms. The smallest absolute Gasteiger partial charge is 0.316 e. The van der Waals surface area contributed by atoms with Gasteiger partial charge in [-0.25, -0.2) is 4.79 Å². The van der Waals surface area contributed by atoms with Crippen LogP contribution < -0.4 is 15.8 Å². The number of methoxy groups -OCH3 is 1. The molecule has 1 aromatic heterocycles. The first-order valence-electron chi connectivity index (χ1n) is 7.98. The van der Waals surface area contributed by atoms with Gasteiger partial charge in [0.25, 0.3) is 0 Å². The van der Waals surface area contributed by atoms with Crippen molar-refractivity contribution >= 4 is 24.3 Å². The number of nitrogens with two attached hydrogens (primary N) is 1. The van der Waals surface area contributed by atoms with Crippen LogP contribution in [0.4, 0.5) is 10.5 Å². The Kier molecular flexibility index (Phi) is 6.02. The van der Waals surface area contributed by atoms with Crippen LogP contribution >= 0.6 is 12.6 Å². The summed E-state index contributed by atoms with van der Waals surface area (Å²) in [5.74, 6) is 0.675. The number of aliphatic hydroxyl groups is 1. The molecule has 6 nitrogen and oxygen atoms in total. The zero-order valence-electron chi connectivity index (χ0n) is 14.6. The molecular weight excluding hydrogens is 340 g/mol. The minimum Gasteiger partial charge on any atom is -0.495 e. The third kappa shape index (κ3) is 4.93.